The number of nitrogens with one attached hydrogen (secondary N) is 1. The van der Waals surface area contributed by atoms with Crippen molar-refractivity contribution in [1.82, 2.24) is 20.0 Å². The molecule has 3 rings (SSSR count). The molecule has 136 valence electrons. The van der Waals surface area contributed by atoms with Crippen LogP contribution < -0.4 is 10.3 Å². The van der Waals surface area contributed by atoms with E-state index in [1.807, 2.05) is 0 Å². The molecule has 1 aliphatic heterocycles. The van der Waals surface area contributed by atoms with Gasteiger partial charge >= 0.3 is 0 Å². The van der Waals surface area contributed by atoms with Crippen molar-refractivity contribution < 1.29 is 14.3 Å². The number of hydrogen-bond donors (Lipinski definition) is 1. The molecule has 1 aromatic heterocycles. The number of benzene rings is 1. The van der Waals surface area contributed by atoms with Gasteiger partial charge in [-0.2, -0.15) is 5.10 Å². The van der Waals surface area contributed by atoms with Gasteiger partial charge < -0.3 is 14.5 Å². The number of aromatic amines is 1. The van der Waals surface area contributed by atoms with Crippen LogP contribution in [0.2, 0.25) is 5.02 Å². The monoisotopic (exact) mass is 376 g/mol. The Labute approximate surface area is 154 Å². The van der Waals surface area contributed by atoms with Gasteiger partial charge in [0.15, 0.2) is 0 Å². The molecular weight excluding hydrogens is 360 g/mol. The minimum Gasteiger partial charge on any atom is -0.496 e. The minimum absolute atomic E-state index is 0.167. The third-order valence-electron chi connectivity index (χ3n) is 4.14. The Bertz CT molecular complexity index is 870. The highest BCUT2D eigenvalue weighted by atomic mass is 35.5. The molecule has 8 nitrogen and oxygen atoms in total. The minimum atomic E-state index is -0.368. The van der Waals surface area contributed by atoms with Crippen molar-refractivity contribution in [2.75, 3.05) is 33.3 Å². The lowest BCUT2D eigenvalue weighted by molar-refractivity contribution is 0.0529. The second-order valence-corrected chi connectivity index (χ2v) is 6.17. The van der Waals surface area contributed by atoms with Crippen molar-refractivity contribution in [3.63, 3.8) is 0 Å². The molecule has 2 heterocycles. The fourth-order valence-corrected chi connectivity index (χ4v) is 2.93. The van der Waals surface area contributed by atoms with E-state index >= 15 is 0 Å². The third-order valence-corrected chi connectivity index (χ3v) is 4.38. The Morgan fingerprint density at radius 3 is 2.31 bits per heavy atom. The maximum absolute atomic E-state index is 12.7. The summed E-state index contributed by atoms with van der Waals surface area (Å²) in [6.07, 6.45) is 0. The van der Waals surface area contributed by atoms with Gasteiger partial charge in [0.25, 0.3) is 17.4 Å². The zero-order valence-electron chi connectivity index (χ0n) is 14.1. The first-order valence-electron chi connectivity index (χ1n) is 7.97. The molecule has 0 aliphatic carbocycles. The average molecular weight is 377 g/mol. The van der Waals surface area contributed by atoms with E-state index in [0.717, 1.165) is 0 Å². The normalized spacial score (nSPS) is 14.2. The molecule has 0 bridgehead atoms. The third kappa shape index (κ3) is 3.70. The number of nitrogens with zero attached hydrogens (tertiary/aromatic N) is 3. The van der Waals surface area contributed by atoms with Crippen LogP contribution in [0.4, 0.5) is 0 Å². The van der Waals surface area contributed by atoms with E-state index in [4.69, 9.17) is 16.3 Å². The number of H-pyrrole nitrogens is 1. The number of methoxy groups -OCH3 is 1. The number of rotatable bonds is 3. The number of carbonyl (C=O) groups excluding carboxylic acids is 2. The highest BCUT2D eigenvalue weighted by molar-refractivity contribution is 6.31. The Morgan fingerprint density at radius 1 is 1.08 bits per heavy atom. The van der Waals surface area contributed by atoms with Crippen molar-refractivity contribution in [1.29, 1.82) is 0 Å². The fraction of sp³-hybridized carbons (Fsp3) is 0.294. The van der Waals surface area contributed by atoms with Gasteiger partial charge in [-0.25, -0.2) is 5.10 Å². The Morgan fingerprint density at radius 2 is 1.73 bits per heavy atom. The van der Waals surface area contributed by atoms with Gasteiger partial charge in [0.2, 0.25) is 0 Å². The summed E-state index contributed by atoms with van der Waals surface area (Å²) < 4.78 is 5.23. The van der Waals surface area contributed by atoms with E-state index in [-0.39, 0.29) is 23.1 Å². The van der Waals surface area contributed by atoms with Crippen LogP contribution in [0.3, 0.4) is 0 Å². The van der Waals surface area contributed by atoms with Crippen molar-refractivity contribution >= 4 is 23.4 Å². The van der Waals surface area contributed by atoms with Gasteiger partial charge in [-0.15, -0.1) is 0 Å². The first kappa shape index (κ1) is 17.9. The number of hydrogen-bond acceptors (Lipinski definition) is 5. The van der Waals surface area contributed by atoms with Gasteiger partial charge in [0, 0.05) is 37.3 Å². The van der Waals surface area contributed by atoms with Gasteiger partial charge in [-0.1, -0.05) is 11.6 Å². The Balaban J connectivity index is 1.67. The number of ether oxygens (including phenoxy) is 1. The molecule has 1 aliphatic rings. The Kier molecular flexibility index (Phi) is 5.22. The van der Waals surface area contributed by atoms with Crippen LogP contribution in [-0.4, -0.2) is 65.1 Å². The van der Waals surface area contributed by atoms with Crippen LogP contribution in [0.1, 0.15) is 20.8 Å². The molecule has 1 aromatic carbocycles. The van der Waals surface area contributed by atoms with Crippen LogP contribution in [0.15, 0.2) is 35.1 Å². The highest BCUT2D eigenvalue weighted by Gasteiger charge is 2.27. The van der Waals surface area contributed by atoms with Crippen LogP contribution in [-0.2, 0) is 0 Å². The first-order valence-corrected chi connectivity index (χ1v) is 8.35. The van der Waals surface area contributed by atoms with E-state index in [0.29, 0.717) is 42.5 Å². The van der Waals surface area contributed by atoms with Crippen molar-refractivity contribution in [3.05, 3.63) is 57.0 Å². The largest absolute Gasteiger partial charge is 0.496 e. The first-order chi connectivity index (χ1) is 12.5. The average Bonchev–Trinajstić information content (AvgIpc) is 2.67. The van der Waals surface area contributed by atoms with Crippen molar-refractivity contribution in [2.24, 2.45) is 0 Å². The van der Waals surface area contributed by atoms with Gasteiger partial charge in [-0.3, -0.25) is 14.4 Å². The summed E-state index contributed by atoms with van der Waals surface area (Å²) >= 11 is 5.99. The zero-order chi connectivity index (χ0) is 18.7. The molecule has 1 saturated heterocycles. The Hall–Kier alpha value is -2.87. The SMILES string of the molecule is COc1ccc(Cl)cc1C(=O)N1CCN(C(=O)c2ccc(=O)[nH]n2)CC1. The number of carbonyl (C=O) groups is 2. The van der Waals surface area contributed by atoms with E-state index < -0.39 is 0 Å². The number of aromatic nitrogens is 2. The maximum Gasteiger partial charge on any atom is 0.274 e. The summed E-state index contributed by atoms with van der Waals surface area (Å²) in [5.41, 5.74) is 0.190. The molecule has 0 atom stereocenters. The lowest BCUT2D eigenvalue weighted by atomic mass is 10.1. The van der Waals surface area contributed by atoms with Crippen LogP contribution in [0.25, 0.3) is 0 Å². The second kappa shape index (κ2) is 7.57. The number of halogens is 1. The number of piperazine rings is 1. The molecule has 2 aromatic rings. The molecular formula is C17H17ClN4O4. The lowest BCUT2D eigenvalue weighted by Gasteiger charge is -2.34. The molecule has 1 N–H and O–H groups in total. The molecule has 0 unspecified atom stereocenters. The van der Waals surface area contributed by atoms with E-state index in [9.17, 15) is 14.4 Å². The molecule has 9 heteroatoms. The summed E-state index contributed by atoms with van der Waals surface area (Å²) in [6.45, 7) is 1.50. The summed E-state index contributed by atoms with van der Waals surface area (Å²) in [4.78, 5) is 39.4. The standard InChI is InChI=1S/C17H17ClN4O4/c1-26-14-4-2-11(18)10-12(14)16(24)21-6-8-22(9-7-21)17(25)13-3-5-15(23)20-19-13/h2-5,10H,6-9H2,1H3,(H,20,23). The lowest BCUT2D eigenvalue weighted by Crippen LogP contribution is -2.50. The summed E-state index contributed by atoms with van der Waals surface area (Å²) in [7, 11) is 1.49. The molecule has 0 radical (unpaired) electrons. The van der Waals surface area contributed by atoms with E-state index in [2.05, 4.69) is 10.2 Å². The molecule has 1 fully saturated rings. The summed E-state index contributed by atoms with van der Waals surface area (Å²) in [6, 6.07) is 7.52. The van der Waals surface area contributed by atoms with Crippen molar-refractivity contribution in [3.8, 4) is 5.75 Å². The zero-order valence-corrected chi connectivity index (χ0v) is 14.8. The second-order valence-electron chi connectivity index (χ2n) is 5.74. The maximum atomic E-state index is 12.7. The molecule has 0 saturated carbocycles. The number of amides is 2. The molecule has 0 spiro atoms. The van der Waals surface area contributed by atoms with E-state index in [1.165, 1.54) is 19.2 Å². The highest BCUT2D eigenvalue weighted by Crippen LogP contribution is 2.24. The predicted octanol–water partition coefficient (Wildman–Crippen LogP) is 1.03. The summed E-state index contributed by atoms with van der Waals surface area (Å²) in [5.74, 6) is -0.0253. The fourth-order valence-electron chi connectivity index (χ4n) is 2.76. The van der Waals surface area contributed by atoms with Gasteiger partial charge in [0.05, 0.1) is 12.7 Å². The predicted molar refractivity (Wildman–Crippen MR) is 94.7 cm³/mol. The van der Waals surface area contributed by atoms with Crippen LogP contribution >= 0.6 is 11.6 Å². The molecule has 2 amide bonds. The van der Waals surface area contributed by atoms with Gasteiger partial charge in [0.1, 0.15) is 11.4 Å². The van der Waals surface area contributed by atoms with E-state index in [1.54, 1.807) is 28.0 Å². The summed E-state index contributed by atoms with van der Waals surface area (Å²) in [5, 5.41) is 6.44. The van der Waals surface area contributed by atoms with Crippen LogP contribution in [0.5, 0.6) is 5.75 Å². The molecule has 26 heavy (non-hydrogen) atoms. The van der Waals surface area contributed by atoms with Crippen molar-refractivity contribution in [2.45, 2.75) is 0 Å². The quantitative estimate of drug-likeness (QED) is 0.863. The topological polar surface area (TPSA) is 95.6 Å². The smallest absolute Gasteiger partial charge is 0.274 e. The van der Waals surface area contributed by atoms with Crippen LogP contribution in [0, 0.1) is 0 Å². The van der Waals surface area contributed by atoms with Gasteiger partial charge in [-0.05, 0) is 24.3 Å².